The van der Waals surface area contributed by atoms with Crippen LogP contribution in [-0.4, -0.2) is 36.9 Å². The number of allylic oxidation sites excluding steroid dienone is 2. The molecule has 6 unspecified atom stereocenters. The van der Waals surface area contributed by atoms with Gasteiger partial charge in [0.2, 0.25) is 0 Å². The molecular weight excluding hydrogens is 308 g/mol. The highest BCUT2D eigenvalue weighted by molar-refractivity contribution is 5.17. The van der Waals surface area contributed by atoms with E-state index in [9.17, 15) is 0 Å². The number of nitrogens with one attached hydrogen (secondary N) is 2. The fourth-order valence-corrected chi connectivity index (χ4v) is 5.90. The Hall–Kier alpha value is -0.380. The van der Waals surface area contributed by atoms with E-state index in [1.807, 2.05) is 0 Å². The van der Waals surface area contributed by atoms with Gasteiger partial charge in [0, 0.05) is 11.1 Å². The van der Waals surface area contributed by atoms with E-state index < -0.39 is 0 Å². The maximum absolute atomic E-state index is 6.82. The zero-order chi connectivity index (χ0) is 18.5. The van der Waals surface area contributed by atoms with Gasteiger partial charge in [-0.1, -0.05) is 11.6 Å². The highest BCUT2D eigenvalue weighted by atomic mass is 16.5. The molecular formula is C22H40N2O. The van der Waals surface area contributed by atoms with Gasteiger partial charge < -0.3 is 15.4 Å². The summed E-state index contributed by atoms with van der Waals surface area (Å²) in [5, 5.41) is 7.14. The van der Waals surface area contributed by atoms with Crippen molar-refractivity contribution in [2.24, 2.45) is 17.8 Å². The van der Waals surface area contributed by atoms with Gasteiger partial charge in [0.1, 0.15) is 0 Å². The van der Waals surface area contributed by atoms with Crippen molar-refractivity contribution in [2.45, 2.75) is 95.9 Å². The van der Waals surface area contributed by atoms with Gasteiger partial charge in [-0.3, -0.25) is 0 Å². The minimum atomic E-state index is 0.0187. The Morgan fingerprint density at radius 2 is 1.80 bits per heavy atom. The number of likely N-dealkylation sites (N-methyl/N-ethyl adjacent to an activating group) is 1. The SMILES string of the molecule is CNC(C)(C)C1CCC(C)(C2CCC(C)(NC)C3CCC(C)=CC32)O1. The number of ether oxygens (including phenoxy) is 1. The van der Waals surface area contributed by atoms with Crippen LogP contribution in [0.5, 0.6) is 0 Å². The Labute approximate surface area is 155 Å². The second kappa shape index (κ2) is 6.65. The fourth-order valence-electron chi connectivity index (χ4n) is 5.90. The molecule has 2 fully saturated rings. The Morgan fingerprint density at radius 1 is 1.08 bits per heavy atom. The lowest BCUT2D eigenvalue weighted by Crippen LogP contribution is -2.58. The molecule has 3 nitrogen and oxygen atoms in total. The van der Waals surface area contributed by atoms with Gasteiger partial charge in [0.15, 0.2) is 0 Å². The molecule has 2 N–H and O–H groups in total. The molecule has 0 radical (unpaired) electrons. The Morgan fingerprint density at radius 3 is 2.44 bits per heavy atom. The van der Waals surface area contributed by atoms with Crippen molar-refractivity contribution in [3.05, 3.63) is 11.6 Å². The molecule has 1 heterocycles. The van der Waals surface area contributed by atoms with E-state index in [1.54, 1.807) is 5.57 Å². The van der Waals surface area contributed by atoms with Gasteiger partial charge in [-0.2, -0.15) is 0 Å². The second-order valence-electron chi connectivity index (χ2n) is 9.98. The molecule has 0 aromatic rings. The highest BCUT2D eigenvalue weighted by Gasteiger charge is 2.54. The lowest BCUT2D eigenvalue weighted by Gasteiger charge is -2.54. The van der Waals surface area contributed by atoms with E-state index in [-0.39, 0.29) is 16.7 Å². The summed E-state index contributed by atoms with van der Waals surface area (Å²) in [6, 6.07) is 0. The quantitative estimate of drug-likeness (QED) is 0.744. The summed E-state index contributed by atoms with van der Waals surface area (Å²) < 4.78 is 6.82. The van der Waals surface area contributed by atoms with E-state index in [0.717, 1.165) is 5.92 Å². The minimum absolute atomic E-state index is 0.0187. The van der Waals surface area contributed by atoms with Crippen LogP contribution >= 0.6 is 0 Å². The van der Waals surface area contributed by atoms with E-state index in [2.05, 4.69) is 65.4 Å². The van der Waals surface area contributed by atoms with Gasteiger partial charge in [0.25, 0.3) is 0 Å². The largest absolute Gasteiger partial charge is 0.370 e. The molecule has 2 aliphatic carbocycles. The molecule has 1 saturated carbocycles. The summed E-state index contributed by atoms with van der Waals surface area (Å²) >= 11 is 0. The average Bonchev–Trinajstić information content (AvgIpc) is 2.99. The molecule has 144 valence electrons. The minimum Gasteiger partial charge on any atom is -0.370 e. The van der Waals surface area contributed by atoms with Crippen molar-refractivity contribution in [1.29, 1.82) is 0 Å². The van der Waals surface area contributed by atoms with Crippen molar-refractivity contribution in [3.63, 3.8) is 0 Å². The van der Waals surface area contributed by atoms with Crippen molar-refractivity contribution >= 4 is 0 Å². The average molecular weight is 349 g/mol. The molecule has 0 aromatic heterocycles. The topological polar surface area (TPSA) is 33.3 Å². The summed E-state index contributed by atoms with van der Waals surface area (Å²) in [6.45, 7) is 11.7. The molecule has 3 rings (SSSR count). The molecule has 6 atom stereocenters. The summed E-state index contributed by atoms with van der Waals surface area (Å²) in [7, 11) is 4.21. The van der Waals surface area contributed by atoms with Crippen LogP contribution < -0.4 is 10.6 Å². The van der Waals surface area contributed by atoms with E-state index in [1.165, 1.54) is 38.5 Å². The van der Waals surface area contributed by atoms with E-state index in [4.69, 9.17) is 4.74 Å². The number of fused-ring (bicyclic) bond motifs is 1. The first-order valence-electron chi connectivity index (χ1n) is 10.4. The Bertz CT molecular complexity index is 528. The van der Waals surface area contributed by atoms with Crippen LogP contribution in [-0.2, 0) is 4.74 Å². The number of hydrogen-bond donors (Lipinski definition) is 2. The molecule has 3 heteroatoms. The normalized spacial score (nSPS) is 45.2. The molecule has 0 bridgehead atoms. The summed E-state index contributed by atoms with van der Waals surface area (Å²) in [4.78, 5) is 0. The molecule has 0 spiro atoms. The molecule has 25 heavy (non-hydrogen) atoms. The molecule has 0 aromatic carbocycles. The van der Waals surface area contributed by atoms with Gasteiger partial charge >= 0.3 is 0 Å². The predicted molar refractivity (Wildman–Crippen MR) is 106 cm³/mol. The van der Waals surface area contributed by atoms with Crippen molar-refractivity contribution in [3.8, 4) is 0 Å². The third-order valence-electron chi connectivity index (χ3n) is 8.17. The molecule has 1 saturated heterocycles. The van der Waals surface area contributed by atoms with Crippen LogP contribution in [0.1, 0.15) is 73.1 Å². The van der Waals surface area contributed by atoms with Crippen LogP contribution in [0.25, 0.3) is 0 Å². The Balaban J connectivity index is 1.86. The first kappa shape index (κ1) is 19.4. The lowest BCUT2D eigenvalue weighted by atomic mass is 9.56. The van der Waals surface area contributed by atoms with Crippen LogP contribution in [0, 0.1) is 17.8 Å². The zero-order valence-corrected chi connectivity index (χ0v) is 17.5. The first-order valence-corrected chi connectivity index (χ1v) is 10.4. The summed E-state index contributed by atoms with van der Waals surface area (Å²) in [5.74, 6) is 2.03. The maximum Gasteiger partial charge on any atom is 0.0759 e. The van der Waals surface area contributed by atoms with Crippen LogP contribution in [0.4, 0.5) is 0 Å². The van der Waals surface area contributed by atoms with Crippen molar-refractivity contribution < 1.29 is 4.74 Å². The van der Waals surface area contributed by atoms with Crippen LogP contribution in [0.2, 0.25) is 0 Å². The highest BCUT2D eigenvalue weighted by Crippen LogP contribution is 2.54. The van der Waals surface area contributed by atoms with Crippen molar-refractivity contribution in [1.82, 2.24) is 10.6 Å². The molecule has 3 aliphatic rings. The fraction of sp³-hybridized carbons (Fsp3) is 0.909. The van der Waals surface area contributed by atoms with Crippen molar-refractivity contribution in [2.75, 3.05) is 14.1 Å². The van der Waals surface area contributed by atoms with Gasteiger partial charge in [-0.25, -0.2) is 0 Å². The van der Waals surface area contributed by atoms with Gasteiger partial charge in [0.05, 0.1) is 11.7 Å². The molecule has 0 amide bonds. The maximum atomic E-state index is 6.82. The van der Waals surface area contributed by atoms with Crippen LogP contribution in [0.3, 0.4) is 0 Å². The second-order valence-corrected chi connectivity index (χ2v) is 9.98. The van der Waals surface area contributed by atoms with E-state index in [0.29, 0.717) is 17.9 Å². The van der Waals surface area contributed by atoms with Gasteiger partial charge in [-0.05, 0) is 105 Å². The summed E-state index contributed by atoms with van der Waals surface area (Å²) in [5.41, 5.74) is 1.92. The third-order valence-corrected chi connectivity index (χ3v) is 8.17. The standard InChI is InChI=1S/C22H40N2O/c1-15-8-9-17-16(14-15)18(10-12-21(17,4)24-7)22(5)13-11-19(25-22)20(2,3)23-6/h14,16-19,23-24H,8-13H2,1-7H3. The zero-order valence-electron chi connectivity index (χ0n) is 17.5. The predicted octanol–water partition coefficient (Wildman–Crippen LogP) is 4.28. The number of hydrogen-bond acceptors (Lipinski definition) is 3. The van der Waals surface area contributed by atoms with Gasteiger partial charge in [-0.15, -0.1) is 0 Å². The van der Waals surface area contributed by atoms with Crippen LogP contribution in [0.15, 0.2) is 11.6 Å². The Kier molecular flexibility index (Phi) is 5.16. The number of rotatable bonds is 4. The molecule has 1 aliphatic heterocycles. The summed E-state index contributed by atoms with van der Waals surface area (Å²) in [6.07, 6.45) is 10.4. The lowest BCUT2D eigenvalue weighted by molar-refractivity contribution is -0.123. The first-order chi connectivity index (χ1) is 11.6. The monoisotopic (exact) mass is 348 g/mol. The smallest absolute Gasteiger partial charge is 0.0759 e. The third kappa shape index (κ3) is 3.33. The van der Waals surface area contributed by atoms with E-state index >= 15 is 0 Å².